The fourth-order valence-corrected chi connectivity index (χ4v) is 3.57. The summed E-state index contributed by atoms with van der Waals surface area (Å²) >= 11 is 0. The average Bonchev–Trinajstić information content (AvgIpc) is 3.01. The van der Waals surface area contributed by atoms with Gasteiger partial charge in [0.2, 0.25) is 11.8 Å². The zero-order valence-electron chi connectivity index (χ0n) is 15.5. The molecule has 2 amide bonds. The Balaban J connectivity index is 1.66. The summed E-state index contributed by atoms with van der Waals surface area (Å²) in [4.78, 5) is 38.2. The Labute approximate surface area is 157 Å². The zero-order chi connectivity index (χ0) is 19.6. The number of hydrogen-bond donors (Lipinski definition) is 1. The fraction of sp³-hybridized carbons (Fsp3) is 0.526. The van der Waals surface area contributed by atoms with E-state index in [1.165, 1.54) is 19.9 Å². The Morgan fingerprint density at radius 2 is 1.93 bits per heavy atom. The van der Waals surface area contributed by atoms with Crippen LogP contribution in [-0.2, 0) is 19.1 Å². The van der Waals surface area contributed by atoms with E-state index in [0.29, 0.717) is 43.9 Å². The molecule has 0 aromatic heterocycles. The first-order valence-corrected chi connectivity index (χ1v) is 9.10. The Morgan fingerprint density at radius 3 is 2.52 bits per heavy atom. The van der Waals surface area contributed by atoms with Gasteiger partial charge in [0.25, 0.3) is 0 Å². The molecule has 2 saturated heterocycles. The topological polar surface area (TPSA) is 79.0 Å². The van der Waals surface area contributed by atoms with Gasteiger partial charge in [0.05, 0.1) is 18.2 Å². The van der Waals surface area contributed by atoms with Crippen LogP contribution >= 0.6 is 0 Å². The van der Waals surface area contributed by atoms with Crippen LogP contribution in [0.2, 0.25) is 0 Å². The second-order valence-corrected chi connectivity index (χ2v) is 6.99. The first-order chi connectivity index (χ1) is 12.8. The lowest BCUT2D eigenvalue weighted by Crippen LogP contribution is -2.48. The number of carbonyl (C=O) groups is 3. The van der Waals surface area contributed by atoms with Gasteiger partial charge in [-0.3, -0.25) is 14.4 Å². The van der Waals surface area contributed by atoms with Gasteiger partial charge in [-0.25, -0.2) is 4.39 Å². The summed E-state index contributed by atoms with van der Waals surface area (Å²) in [5.74, 6) is -1.47. The minimum Gasteiger partial charge on any atom is -0.460 e. The molecular formula is C19H24FN3O4. The second kappa shape index (κ2) is 7.94. The van der Waals surface area contributed by atoms with Crippen LogP contribution in [0.4, 0.5) is 10.1 Å². The lowest BCUT2D eigenvalue weighted by atomic mass is 9.95. The van der Waals surface area contributed by atoms with E-state index in [0.717, 1.165) is 0 Å². The van der Waals surface area contributed by atoms with Gasteiger partial charge in [-0.2, -0.15) is 0 Å². The van der Waals surface area contributed by atoms with E-state index in [2.05, 4.69) is 5.32 Å². The van der Waals surface area contributed by atoms with Gasteiger partial charge in [-0.15, -0.1) is 0 Å². The number of ether oxygens (including phenoxy) is 1. The number of anilines is 1. The zero-order valence-corrected chi connectivity index (χ0v) is 15.5. The minimum atomic E-state index is -0.526. The Hall–Kier alpha value is -2.64. The Morgan fingerprint density at radius 1 is 1.22 bits per heavy atom. The third-order valence-electron chi connectivity index (χ3n) is 5.08. The number of esters is 1. The molecule has 2 fully saturated rings. The van der Waals surface area contributed by atoms with Crippen LogP contribution in [0.15, 0.2) is 18.2 Å². The van der Waals surface area contributed by atoms with Crippen LogP contribution < -0.4 is 10.2 Å². The summed E-state index contributed by atoms with van der Waals surface area (Å²) < 4.78 is 20.0. The van der Waals surface area contributed by atoms with Crippen molar-refractivity contribution in [1.82, 2.24) is 10.2 Å². The number of benzene rings is 1. The monoisotopic (exact) mass is 377 g/mol. The molecular weight excluding hydrogens is 353 g/mol. The number of hydrogen-bond acceptors (Lipinski definition) is 5. The van der Waals surface area contributed by atoms with E-state index < -0.39 is 18.0 Å². The molecule has 0 saturated carbocycles. The fourth-order valence-electron chi connectivity index (χ4n) is 3.57. The summed E-state index contributed by atoms with van der Waals surface area (Å²) in [6.45, 7) is 5.47. The van der Waals surface area contributed by atoms with Gasteiger partial charge in [-0.1, -0.05) is 6.07 Å². The SMILES string of the molecule is CC(=O)NCC1C[C@H](c2ccc(N3CCN(C(C)=O)CC3)c(F)c2)C(=O)O1. The van der Waals surface area contributed by atoms with Gasteiger partial charge in [0.1, 0.15) is 11.9 Å². The van der Waals surface area contributed by atoms with Crippen molar-refractivity contribution in [2.75, 3.05) is 37.6 Å². The van der Waals surface area contributed by atoms with Crippen LogP contribution in [0.1, 0.15) is 31.7 Å². The van der Waals surface area contributed by atoms with Crippen molar-refractivity contribution in [2.45, 2.75) is 32.3 Å². The standard InChI is InChI=1S/C19H24FN3O4/c1-12(24)21-11-15-10-16(19(26)27-15)14-3-4-18(17(20)9-14)23-7-5-22(6-8-23)13(2)25/h3-4,9,15-16H,5-8,10-11H2,1-2H3,(H,21,24)/t15?,16-/m1/s1. The predicted molar refractivity (Wildman–Crippen MR) is 96.8 cm³/mol. The molecule has 2 heterocycles. The quantitative estimate of drug-likeness (QED) is 0.793. The van der Waals surface area contributed by atoms with Gasteiger partial charge in [-0.05, 0) is 17.7 Å². The number of amides is 2. The number of halogens is 1. The number of cyclic esters (lactones) is 1. The molecule has 3 rings (SSSR count). The first kappa shape index (κ1) is 19.1. The average molecular weight is 377 g/mol. The van der Waals surface area contributed by atoms with Gasteiger partial charge in [0.15, 0.2) is 0 Å². The molecule has 1 aromatic carbocycles. The van der Waals surface area contributed by atoms with Crippen molar-refractivity contribution in [3.05, 3.63) is 29.6 Å². The van der Waals surface area contributed by atoms with Crippen LogP contribution in [0, 0.1) is 5.82 Å². The highest BCUT2D eigenvalue weighted by atomic mass is 19.1. The van der Waals surface area contributed by atoms with Crippen molar-refractivity contribution >= 4 is 23.5 Å². The highest BCUT2D eigenvalue weighted by Crippen LogP contribution is 2.33. The minimum absolute atomic E-state index is 0.0269. The van der Waals surface area contributed by atoms with Crippen molar-refractivity contribution in [2.24, 2.45) is 0 Å². The van der Waals surface area contributed by atoms with Crippen molar-refractivity contribution in [1.29, 1.82) is 0 Å². The molecule has 0 radical (unpaired) electrons. The maximum atomic E-state index is 14.7. The molecule has 7 nitrogen and oxygen atoms in total. The van der Waals surface area contributed by atoms with Crippen LogP contribution in [0.25, 0.3) is 0 Å². The summed E-state index contributed by atoms with van der Waals surface area (Å²) in [5, 5.41) is 2.63. The van der Waals surface area contributed by atoms with E-state index >= 15 is 0 Å². The lowest BCUT2D eigenvalue weighted by Gasteiger charge is -2.35. The van der Waals surface area contributed by atoms with E-state index in [1.807, 2.05) is 4.90 Å². The molecule has 27 heavy (non-hydrogen) atoms. The highest BCUT2D eigenvalue weighted by molar-refractivity contribution is 5.81. The van der Waals surface area contributed by atoms with Crippen molar-refractivity contribution in [3.8, 4) is 0 Å². The molecule has 1 unspecified atom stereocenters. The Kier molecular flexibility index (Phi) is 5.62. The molecule has 1 aromatic rings. The van der Waals surface area contributed by atoms with Crippen molar-refractivity contribution in [3.63, 3.8) is 0 Å². The molecule has 8 heteroatoms. The largest absolute Gasteiger partial charge is 0.460 e. The maximum Gasteiger partial charge on any atom is 0.313 e. The number of nitrogens with one attached hydrogen (secondary N) is 1. The molecule has 0 aliphatic carbocycles. The molecule has 2 atom stereocenters. The Bertz CT molecular complexity index is 746. The first-order valence-electron chi connectivity index (χ1n) is 9.10. The van der Waals surface area contributed by atoms with Crippen molar-refractivity contribution < 1.29 is 23.5 Å². The molecule has 2 aliphatic rings. The van der Waals surface area contributed by atoms with E-state index in [1.54, 1.807) is 17.0 Å². The third-order valence-corrected chi connectivity index (χ3v) is 5.08. The van der Waals surface area contributed by atoms with Crippen LogP contribution in [0.5, 0.6) is 0 Å². The summed E-state index contributed by atoms with van der Waals surface area (Å²) in [6, 6.07) is 4.82. The van der Waals surface area contributed by atoms with Crippen LogP contribution in [0.3, 0.4) is 0 Å². The number of piperazine rings is 1. The lowest BCUT2D eigenvalue weighted by molar-refractivity contribution is -0.142. The second-order valence-electron chi connectivity index (χ2n) is 6.99. The summed E-state index contributed by atoms with van der Waals surface area (Å²) in [6.07, 6.45) is 0.0173. The normalized spacial score (nSPS) is 22.6. The molecule has 2 aliphatic heterocycles. The molecule has 0 spiro atoms. The van der Waals surface area contributed by atoms with E-state index in [-0.39, 0.29) is 24.2 Å². The summed E-state index contributed by atoms with van der Waals surface area (Å²) in [5.41, 5.74) is 1.05. The van der Waals surface area contributed by atoms with Crippen LogP contribution in [-0.4, -0.2) is 61.5 Å². The van der Waals surface area contributed by atoms with E-state index in [4.69, 9.17) is 4.74 Å². The predicted octanol–water partition coefficient (Wildman–Crippen LogP) is 1.03. The smallest absolute Gasteiger partial charge is 0.313 e. The van der Waals surface area contributed by atoms with Gasteiger partial charge < -0.3 is 19.9 Å². The number of carbonyl (C=O) groups excluding carboxylic acids is 3. The third kappa shape index (κ3) is 4.37. The molecule has 146 valence electrons. The number of rotatable bonds is 4. The summed E-state index contributed by atoms with van der Waals surface area (Å²) in [7, 11) is 0. The molecule has 1 N–H and O–H groups in total. The number of nitrogens with zero attached hydrogens (tertiary/aromatic N) is 2. The van der Waals surface area contributed by atoms with Gasteiger partial charge in [0, 0.05) is 46.4 Å². The maximum absolute atomic E-state index is 14.7. The highest BCUT2D eigenvalue weighted by Gasteiger charge is 2.36. The van der Waals surface area contributed by atoms with Gasteiger partial charge >= 0.3 is 5.97 Å². The van der Waals surface area contributed by atoms with E-state index in [9.17, 15) is 18.8 Å². The molecule has 0 bridgehead atoms.